The number of rotatable bonds is 5. The minimum absolute atomic E-state index is 0.0486. The summed E-state index contributed by atoms with van der Waals surface area (Å²) < 4.78 is 14.8. The minimum atomic E-state index is -1.21. The third kappa shape index (κ3) is 4.53. The van der Waals surface area contributed by atoms with Gasteiger partial charge in [-0.25, -0.2) is 9.18 Å². The number of hydrogen-bond acceptors (Lipinski definition) is 3. The molecule has 23 heavy (non-hydrogen) atoms. The lowest BCUT2D eigenvalue weighted by atomic mass is 10.00. The fourth-order valence-electron chi connectivity index (χ4n) is 2.12. The van der Waals surface area contributed by atoms with Crippen LogP contribution in [0.4, 0.5) is 9.18 Å². The predicted octanol–water partition coefficient (Wildman–Crippen LogP) is 1.57. The van der Waals surface area contributed by atoms with Crippen LogP contribution in [0.25, 0.3) is 0 Å². The Morgan fingerprint density at radius 3 is 2.78 bits per heavy atom. The van der Waals surface area contributed by atoms with Gasteiger partial charge in [0.2, 0.25) is 0 Å². The van der Waals surface area contributed by atoms with Crippen molar-refractivity contribution < 1.29 is 14.3 Å². The SMILES string of the molecule is Cc1cc(CNC(=O)NCC(C)(O)c2cnn(C)c2)ccc1F. The molecule has 124 valence electrons. The van der Waals surface area contributed by atoms with E-state index in [-0.39, 0.29) is 18.9 Å². The summed E-state index contributed by atoms with van der Waals surface area (Å²) >= 11 is 0. The average Bonchev–Trinajstić information content (AvgIpc) is 2.94. The molecule has 7 heteroatoms. The number of aromatic nitrogens is 2. The van der Waals surface area contributed by atoms with Gasteiger partial charge in [-0.1, -0.05) is 12.1 Å². The Morgan fingerprint density at radius 1 is 1.43 bits per heavy atom. The van der Waals surface area contributed by atoms with Gasteiger partial charge in [0.15, 0.2) is 0 Å². The molecule has 1 heterocycles. The van der Waals surface area contributed by atoms with Gasteiger partial charge in [0.25, 0.3) is 0 Å². The summed E-state index contributed by atoms with van der Waals surface area (Å²) in [7, 11) is 1.75. The summed E-state index contributed by atoms with van der Waals surface area (Å²) in [6.07, 6.45) is 3.25. The summed E-state index contributed by atoms with van der Waals surface area (Å²) in [6, 6.07) is 4.27. The molecule has 3 N–H and O–H groups in total. The lowest BCUT2D eigenvalue weighted by molar-refractivity contribution is 0.0593. The first-order valence-electron chi connectivity index (χ1n) is 7.26. The maximum Gasteiger partial charge on any atom is 0.315 e. The highest BCUT2D eigenvalue weighted by Gasteiger charge is 2.25. The molecule has 2 rings (SSSR count). The second kappa shape index (κ2) is 6.78. The first kappa shape index (κ1) is 17.0. The average molecular weight is 320 g/mol. The van der Waals surface area contributed by atoms with Crippen molar-refractivity contribution in [3.8, 4) is 0 Å². The molecule has 1 atom stereocenters. The van der Waals surface area contributed by atoms with E-state index in [1.54, 1.807) is 50.1 Å². The summed E-state index contributed by atoms with van der Waals surface area (Å²) in [5, 5.41) is 19.6. The Bertz CT molecular complexity index is 697. The molecule has 6 nitrogen and oxygen atoms in total. The topological polar surface area (TPSA) is 79.2 Å². The van der Waals surface area contributed by atoms with Crippen LogP contribution in [0.15, 0.2) is 30.6 Å². The molecule has 2 amide bonds. The van der Waals surface area contributed by atoms with Gasteiger partial charge in [0.1, 0.15) is 11.4 Å². The number of aliphatic hydroxyl groups is 1. The fraction of sp³-hybridized carbons (Fsp3) is 0.375. The van der Waals surface area contributed by atoms with E-state index in [1.165, 1.54) is 6.07 Å². The Labute approximate surface area is 134 Å². The molecule has 0 spiro atoms. The lowest BCUT2D eigenvalue weighted by Crippen LogP contribution is -2.43. The van der Waals surface area contributed by atoms with E-state index in [2.05, 4.69) is 15.7 Å². The van der Waals surface area contributed by atoms with Crippen LogP contribution in [0.3, 0.4) is 0 Å². The van der Waals surface area contributed by atoms with Crippen molar-refractivity contribution in [1.29, 1.82) is 0 Å². The molecule has 0 radical (unpaired) electrons. The zero-order valence-corrected chi connectivity index (χ0v) is 13.4. The van der Waals surface area contributed by atoms with Crippen LogP contribution >= 0.6 is 0 Å². The summed E-state index contributed by atoms with van der Waals surface area (Å²) in [5.74, 6) is -0.272. The van der Waals surface area contributed by atoms with Crippen molar-refractivity contribution in [3.05, 3.63) is 53.1 Å². The third-order valence-corrected chi connectivity index (χ3v) is 3.60. The fourth-order valence-corrected chi connectivity index (χ4v) is 2.12. The number of aryl methyl sites for hydroxylation is 2. The Morgan fingerprint density at radius 2 is 2.17 bits per heavy atom. The number of carbonyl (C=O) groups is 1. The van der Waals surface area contributed by atoms with Crippen molar-refractivity contribution in [3.63, 3.8) is 0 Å². The molecular weight excluding hydrogens is 299 g/mol. The maximum atomic E-state index is 13.2. The number of carbonyl (C=O) groups excluding carboxylic acids is 1. The molecule has 0 aliphatic rings. The number of nitrogens with zero attached hydrogens (tertiary/aromatic N) is 2. The van der Waals surface area contributed by atoms with Crippen LogP contribution in [0.2, 0.25) is 0 Å². The van der Waals surface area contributed by atoms with E-state index >= 15 is 0 Å². The van der Waals surface area contributed by atoms with Gasteiger partial charge >= 0.3 is 6.03 Å². The summed E-state index contributed by atoms with van der Waals surface area (Å²) in [6.45, 7) is 3.60. The van der Waals surface area contributed by atoms with Gasteiger partial charge in [0.05, 0.1) is 12.7 Å². The third-order valence-electron chi connectivity index (χ3n) is 3.60. The van der Waals surface area contributed by atoms with Crippen LogP contribution in [-0.2, 0) is 19.2 Å². The summed E-state index contributed by atoms with van der Waals surface area (Å²) in [5.41, 5.74) is 0.745. The van der Waals surface area contributed by atoms with Gasteiger partial charge in [0, 0.05) is 25.4 Å². The number of nitrogens with one attached hydrogen (secondary N) is 2. The van der Waals surface area contributed by atoms with Crippen molar-refractivity contribution in [2.24, 2.45) is 7.05 Å². The molecule has 0 bridgehead atoms. The van der Waals surface area contributed by atoms with Crippen molar-refractivity contribution in [2.45, 2.75) is 26.0 Å². The highest BCUT2D eigenvalue weighted by atomic mass is 19.1. The van der Waals surface area contributed by atoms with Crippen molar-refractivity contribution >= 4 is 6.03 Å². The predicted molar refractivity (Wildman–Crippen MR) is 84.2 cm³/mol. The first-order chi connectivity index (χ1) is 10.8. The molecular formula is C16H21FN4O2. The minimum Gasteiger partial charge on any atom is -0.383 e. The normalized spacial score (nSPS) is 13.4. The second-order valence-corrected chi connectivity index (χ2v) is 5.80. The molecule has 1 aromatic heterocycles. The number of urea groups is 1. The molecule has 0 aliphatic carbocycles. The lowest BCUT2D eigenvalue weighted by Gasteiger charge is -2.22. The van der Waals surface area contributed by atoms with Crippen LogP contribution in [0, 0.1) is 12.7 Å². The molecule has 0 fully saturated rings. The van der Waals surface area contributed by atoms with E-state index in [1.807, 2.05) is 0 Å². The van der Waals surface area contributed by atoms with E-state index < -0.39 is 11.6 Å². The Balaban J connectivity index is 1.84. The van der Waals surface area contributed by atoms with Gasteiger partial charge in [-0.05, 0) is 31.0 Å². The first-order valence-corrected chi connectivity index (χ1v) is 7.26. The largest absolute Gasteiger partial charge is 0.383 e. The van der Waals surface area contributed by atoms with E-state index in [0.717, 1.165) is 5.56 Å². The maximum absolute atomic E-state index is 13.2. The number of benzene rings is 1. The van der Waals surface area contributed by atoms with Crippen molar-refractivity contribution in [2.75, 3.05) is 6.54 Å². The monoisotopic (exact) mass is 320 g/mol. The highest BCUT2D eigenvalue weighted by molar-refractivity contribution is 5.73. The molecule has 1 aromatic carbocycles. The zero-order valence-electron chi connectivity index (χ0n) is 13.4. The van der Waals surface area contributed by atoms with Gasteiger partial charge in [-0.3, -0.25) is 4.68 Å². The van der Waals surface area contributed by atoms with E-state index in [0.29, 0.717) is 11.1 Å². The van der Waals surface area contributed by atoms with E-state index in [9.17, 15) is 14.3 Å². The Hall–Kier alpha value is -2.41. The Kier molecular flexibility index (Phi) is 5.00. The standard InChI is InChI=1S/C16H21FN4O2/c1-11-6-12(4-5-14(11)17)7-18-15(22)19-10-16(2,23)13-8-20-21(3)9-13/h4-6,8-9,23H,7,10H2,1-3H3,(H2,18,19,22). The molecule has 2 aromatic rings. The van der Waals surface area contributed by atoms with Crippen molar-refractivity contribution in [1.82, 2.24) is 20.4 Å². The summed E-state index contributed by atoms with van der Waals surface area (Å²) in [4.78, 5) is 11.8. The molecule has 0 saturated carbocycles. The number of amides is 2. The highest BCUT2D eigenvalue weighted by Crippen LogP contribution is 2.18. The number of halogens is 1. The van der Waals surface area contributed by atoms with Gasteiger partial charge in [-0.2, -0.15) is 5.10 Å². The van der Waals surface area contributed by atoms with Crippen LogP contribution in [0.1, 0.15) is 23.6 Å². The smallest absolute Gasteiger partial charge is 0.315 e. The van der Waals surface area contributed by atoms with Crippen LogP contribution < -0.4 is 10.6 Å². The molecule has 1 unspecified atom stereocenters. The second-order valence-electron chi connectivity index (χ2n) is 5.80. The number of hydrogen-bond donors (Lipinski definition) is 3. The molecule has 0 saturated heterocycles. The van der Waals surface area contributed by atoms with Gasteiger partial charge < -0.3 is 15.7 Å². The quantitative estimate of drug-likeness (QED) is 0.782. The van der Waals surface area contributed by atoms with E-state index in [4.69, 9.17) is 0 Å². The van der Waals surface area contributed by atoms with Gasteiger partial charge in [-0.15, -0.1) is 0 Å². The zero-order chi connectivity index (χ0) is 17.0. The van der Waals surface area contributed by atoms with Crippen LogP contribution in [0.5, 0.6) is 0 Å². The van der Waals surface area contributed by atoms with Crippen LogP contribution in [-0.4, -0.2) is 27.5 Å². The molecule has 0 aliphatic heterocycles.